The second-order valence-corrected chi connectivity index (χ2v) is 11.0. The van der Waals surface area contributed by atoms with Crippen LogP contribution in [0.2, 0.25) is 0 Å². The second kappa shape index (κ2) is 11.8. The zero-order valence-electron chi connectivity index (χ0n) is 56.9. The Kier molecular flexibility index (Phi) is 2.70. The molecule has 240 valence electrons. The van der Waals surface area contributed by atoms with E-state index in [1.165, 1.54) is 6.92 Å². The van der Waals surface area contributed by atoms with E-state index >= 15 is 0 Å². The summed E-state index contributed by atoms with van der Waals surface area (Å²) in [7, 11) is 0. The van der Waals surface area contributed by atoms with Crippen molar-refractivity contribution >= 4 is 43.6 Å². The minimum atomic E-state index is -1.11. The highest BCUT2D eigenvalue weighted by molar-refractivity contribution is 6.12. The molecule has 2 heteroatoms. The van der Waals surface area contributed by atoms with Gasteiger partial charge in [-0.2, -0.15) is 0 Å². The lowest BCUT2D eigenvalue weighted by atomic mass is 10.0. The van der Waals surface area contributed by atoms with Crippen molar-refractivity contribution in [2.45, 2.75) is 6.92 Å². The van der Waals surface area contributed by atoms with E-state index in [2.05, 4.69) is 0 Å². The van der Waals surface area contributed by atoms with Gasteiger partial charge in [-0.15, -0.1) is 0 Å². The van der Waals surface area contributed by atoms with Gasteiger partial charge >= 0.3 is 0 Å². The smallest absolute Gasteiger partial charge is 0.0651 e. The molecule has 0 bridgehead atoms. The molecule has 0 spiro atoms. The highest BCUT2D eigenvalue weighted by atomic mass is 15.0. The monoisotopic (exact) mass is 681 g/mol. The SMILES string of the molecule is [2H]c1c([2H])c([2H])c(-c2c([2H])c([2H])c([2H])c(-n3c4c([2H])c([2H])c([2H])c([2H])c4c4c([2H])c(-c5c([2H])c([2H])c6c(c5[2H])c5c([2H])c([2H])c([2H])c([2H])c5n6-c5c([2H])c([2H])c([2H])c(-c6c([2H])c([2H])c(C)c([2H])c6[2H])c5[2H])c([2H])c([2H])c43)c2[2H])c([2H])c1[2H]. The number of benzene rings is 8. The third-order valence-corrected chi connectivity index (χ3v) is 7.99. The molecule has 2 aromatic heterocycles. The molecular formula is C49H34N2. The van der Waals surface area contributed by atoms with Crippen LogP contribution in [0, 0.1) is 6.92 Å². The Morgan fingerprint density at radius 3 is 1.24 bits per heavy atom. The number of para-hydroxylation sites is 2. The van der Waals surface area contributed by atoms with Crippen LogP contribution in [0.5, 0.6) is 0 Å². The number of hydrogen-bond donors (Lipinski definition) is 0. The lowest BCUT2D eigenvalue weighted by Crippen LogP contribution is -1.94. The number of nitrogens with zero attached hydrogens (tertiary/aromatic N) is 2. The molecule has 0 saturated heterocycles. The van der Waals surface area contributed by atoms with E-state index in [-0.39, 0.29) is 5.56 Å². The molecule has 0 unspecified atom stereocenters. The Morgan fingerprint density at radius 2 is 0.706 bits per heavy atom. The summed E-state index contributed by atoms with van der Waals surface area (Å²) in [5.74, 6) is 0. The molecule has 51 heavy (non-hydrogen) atoms. The van der Waals surface area contributed by atoms with Crippen molar-refractivity contribution in [3.8, 4) is 44.8 Å². The summed E-state index contributed by atoms with van der Waals surface area (Å²) in [4.78, 5) is 0. The largest absolute Gasteiger partial charge is 0.309 e. The third kappa shape index (κ3) is 4.87. The molecule has 0 aliphatic heterocycles. The number of rotatable bonds is 5. The topological polar surface area (TPSA) is 9.86 Å². The fraction of sp³-hybridized carbons (Fsp3) is 0.0204. The highest BCUT2D eigenvalue weighted by Gasteiger charge is 2.16. The van der Waals surface area contributed by atoms with Crippen LogP contribution in [0.1, 0.15) is 48.1 Å². The van der Waals surface area contributed by atoms with Gasteiger partial charge in [0.25, 0.3) is 0 Å². The van der Waals surface area contributed by atoms with Crippen molar-refractivity contribution in [2.24, 2.45) is 0 Å². The van der Waals surface area contributed by atoms with E-state index < -0.39 is 276 Å². The predicted octanol–water partition coefficient (Wildman–Crippen LogP) is 13.2. The summed E-state index contributed by atoms with van der Waals surface area (Å²) in [6, 6.07) is -29.2. The lowest BCUT2D eigenvalue weighted by Gasteiger charge is -2.11. The van der Waals surface area contributed by atoms with Crippen LogP contribution < -0.4 is 0 Å². The number of aromatic nitrogens is 2. The molecule has 10 rings (SSSR count). The fourth-order valence-electron chi connectivity index (χ4n) is 5.74. The molecule has 0 fully saturated rings. The lowest BCUT2D eigenvalue weighted by molar-refractivity contribution is 1.18. The zero-order chi connectivity index (χ0) is 60.9. The third-order valence-electron chi connectivity index (χ3n) is 7.99. The maximum absolute atomic E-state index is 9.91. The van der Waals surface area contributed by atoms with Crippen LogP contribution in [-0.4, -0.2) is 9.13 Å². The summed E-state index contributed by atoms with van der Waals surface area (Å²) in [5, 5.41) is -2.65. The molecule has 0 N–H and O–H groups in total. The van der Waals surface area contributed by atoms with Crippen LogP contribution in [0.25, 0.3) is 88.4 Å². The quantitative estimate of drug-likeness (QED) is 0.171. The van der Waals surface area contributed by atoms with E-state index in [9.17, 15) is 17.8 Å². The second-order valence-electron chi connectivity index (χ2n) is 11.0. The van der Waals surface area contributed by atoms with Crippen molar-refractivity contribution in [2.75, 3.05) is 0 Å². The summed E-state index contributed by atoms with van der Waals surface area (Å²) in [6.45, 7) is 1.29. The Bertz CT molecular complexity index is 4350. The first-order valence-electron chi connectivity index (χ1n) is 30.6. The number of hydrogen-bond acceptors (Lipinski definition) is 0. The van der Waals surface area contributed by atoms with E-state index in [0.29, 0.717) is 9.13 Å². The minimum absolute atomic E-state index is 0.117. The van der Waals surface area contributed by atoms with Gasteiger partial charge in [-0.3, -0.25) is 0 Å². The van der Waals surface area contributed by atoms with Crippen LogP contribution >= 0.6 is 0 Å². The first-order chi connectivity index (χ1) is 38.1. The van der Waals surface area contributed by atoms with Crippen LogP contribution in [-0.2, 0) is 0 Å². The molecule has 0 atom stereocenters. The van der Waals surface area contributed by atoms with Crippen molar-refractivity contribution < 1.29 is 42.5 Å². The standard InChI is InChI=1S/C49H34N2/c1-33-21-23-35(24-22-33)37-14-10-16-41(30-37)51-47-20-8-6-18-43(47)45-32-39(26-28-49(45)51)38-25-27-48-44(31-38)42-17-5-7-19-46(42)50(48)40-15-9-13-36(29-40)34-11-3-2-4-12-34/h2-32H,1H3/i2D,3D,4D,5D,6D,7D,8D,9D,10D,11D,12D,13D,14D,15D,16D,17D,18D,19D,20D,21D,22D,23D,24D,25D,26D,27D,28D,29D,30D,31D,32D. The molecule has 10 aromatic rings. The Labute approximate surface area is 340 Å². The van der Waals surface area contributed by atoms with Crippen molar-refractivity contribution in [3.63, 3.8) is 0 Å². The first kappa shape index (κ1) is 11.7. The maximum atomic E-state index is 9.91. The zero-order valence-corrected chi connectivity index (χ0v) is 25.9. The molecule has 0 radical (unpaired) electrons. The van der Waals surface area contributed by atoms with E-state index in [1.807, 2.05) is 0 Å². The molecule has 0 saturated carbocycles. The summed E-state index contributed by atoms with van der Waals surface area (Å²) >= 11 is 0. The average molecular weight is 682 g/mol. The van der Waals surface area contributed by atoms with Gasteiger partial charge in [0.05, 0.1) is 64.6 Å². The maximum Gasteiger partial charge on any atom is 0.0651 e. The molecule has 2 heterocycles. The summed E-state index contributed by atoms with van der Waals surface area (Å²) < 4.78 is 281. The minimum Gasteiger partial charge on any atom is -0.309 e. The molecular weight excluding hydrogens is 617 g/mol. The molecule has 0 amide bonds. The van der Waals surface area contributed by atoms with Gasteiger partial charge in [0.15, 0.2) is 0 Å². The predicted molar refractivity (Wildman–Crippen MR) is 216 cm³/mol. The van der Waals surface area contributed by atoms with Crippen molar-refractivity contribution in [1.82, 2.24) is 9.13 Å². The average Bonchev–Trinajstić information content (AvgIpc) is 1.64. The van der Waals surface area contributed by atoms with Gasteiger partial charge in [0, 0.05) is 32.9 Å². The molecule has 0 aliphatic carbocycles. The fourth-order valence-corrected chi connectivity index (χ4v) is 5.74. The normalized spacial score (nSPS) is 20.1. The van der Waals surface area contributed by atoms with Gasteiger partial charge < -0.3 is 9.13 Å². The molecule has 2 nitrogen and oxygen atoms in total. The van der Waals surface area contributed by atoms with Gasteiger partial charge in [-0.25, -0.2) is 0 Å². The molecule has 8 aromatic carbocycles. The van der Waals surface area contributed by atoms with Crippen LogP contribution in [0.15, 0.2) is 187 Å². The Balaban J connectivity index is 1.40. The van der Waals surface area contributed by atoms with Crippen molar-refractivity contribution in [3.05, 3.63) is 193 Å². The molecule has 0 aliphatic rings. The van der Waals surface area contributed by atoms with Gasteiger partial charge in [0.2, 0.25) is 0 Å². The van der Waals surface area contributed by atoms with Gasteiger partial charge in [0.1, 0.15) is 0 Å². The van der Waals surface area contributed by atoms with Gasteiger partial charge in [-0.05, 0) is 101 Å². The number of fused-ring (bicyclic) bond motifs is 6. The Morgan fingerprint density at radius 1 is 0.314 bits per heavy atom. The van der Waals surface area contributed by atoms with Crippen molar-refractivity contribution in [1.29, 1.82) is 0 Å². The van der Waals surface area contributed by atoms with Crippen LogP contribution in [0.4, 0.5) is 0 Å². The van der Waals surface area contributed by atoms with Crippen LogP contribution in [0.3, 0.4) is 0 Å². The van der Waals surface area contributed by atoms with E-state index in [1.54, 1.807) is 0 Å². The summed E-state index contributed by atoms with van der Waals surface area (Å²) in [6.07, 6.45) is 0. The van der Waals surface area contributed by atoms with E-state index in [0.717, 1.165) is 0 Å². The van der Waals surface area contributed by atoms with Gasteiger partial charge in [-0.1, -0.05) is 132 Å². The Hall–Kier alpha value is -6.64. The summed E-state index contributed by atoms with van der Waals surface area (Å²) in [5.41, 5.74) is -9.47. The highest BCUT2D eigenvalue weighted by Crippen LogP contribution is 2.39. The first-order valence-corrected chi connectivity index (χ1v) is 15.1. The van der Waals surface area contributed by atoms with E-state index in [4.69, 9.17) is 24.7 Å².